The van der Waals surface area contributed by atoms with Crippen LogP contribution in [0.2, 0.25) is 0 Å². The summed E-state index contributed by atoms with van der Waals surface area (Å²) in [4.78, 5) is 0. The van der Waals surface area contributed by atoms with E-state index in [0.29, 0.717) is 5.33 Å². The van der Waals surface area contributed by atoms with Gasteiger partial charge in [-0.3, -0.25) is 0 Å². The monoisotopic (exact) mass is 284 g/mol. The second-order valence-electron chi connectivity index (χ2n) is 2.33. The first-order valence-corrected chi connectivity index (χ1v) is 5.54. The van der Waals surface area contributed by atoms with Gasteiger partial charge in [-0.15, -0.1) is 13.2 Å². The fraction of sp³-hybridized carbons (Fsp3) is 0.400. The van der Waals surface area contributed by atoms with E-state index in [9.17, 15) is 13.2 Å². The molecule has 15 heavy (non-hydrogen) atoms. The summed E-state index contributed by atoms with van der Waals surface area (Å²) in [6, 6.07) is 5.69. The van der Waals surface area contributed by atoms with Crippen molar-refractivity contribution < 1.29 is 17.9 Å². The van der Waals surface area contributed by atoms with Crippen molar-refractivity contribution in [2.75, 3.05) is 0 Å². The maximum atomic E-state index is 11.7. The smallest absolute Gasteiger partial charge is 0.406 e. The molecule has 1 aromatic rings. The van der Waals surface area contributed by atoms with Crippen LogP contribution in [0.25, 0.3) is 0 Å². The Morgan fingerprint density at radius 1 is 1.13 bits per heavy atom. The molecule has 0 radical (unpaired) electrons. The summed E-state index contributed by atoms with van der Waals surface area (Å²) in [5.74, 6) is -0.197. The van der Waals surface area contributed by atoms with Gasteiger partial charge < -0.3 is 4.74 Å². The predicted molar refractivity (Wildman–Crippen MR) is 57.1 cm³/mol. The number of hydrogen-bond donors (Lipinski definition) is 0. The Balaban J connectivity index is 0.000000921. The molecule has 0 N–H and O–H groups in total. The first-order chi connectivity index (χ1) is 7.01. The van der Waals surface area contributed by atoms with E-state index in [1.807, 2.05) is 13.8 Å². The summed E-state index contributed by atoms with van der Waals surface area (Å²) < 4.78 is 38.8. The van der Waals surface area contributed by atoms with Crippen LogP contribution in [0, 0.1) is 0 Å². The molecule has 0 unspecified atom stereocenters. The van der Waals surface area contributed by atoms with Crippen LogP contribution >= 0.6 is 15.9 Å². The van der Waals surface area contributed by atoms with E-state index in [2.05, 4.69) is 20.7 Å². The molecule has 0 aliphatic heterocycles. The highest BCUT2D eigenvalue weighted by atomic mass is 79.9. The number of halogens is 4. The molecule has 1 rings (SSSR count). The topological polar surface area (TPSA) is 9.23 Å². The quantitative estimate of drug-likeness (QED) is 0.727. The Morgan fingerprint density at radius 3 is 1.93 bits per heavy atom. The minimum Gasteiger partial charge on any atom is -0.406 e. The van der Waals surface area contributed by atoms with Gasteiger partial charge in [0.1, 0.15) is 5.75 Å². The van der Waals surface area contributed by atoms with Crippen LogP contribution in [0.5, 0.6) is 5.75 Å². The zero-order valence-electron chi connectivity index (χ0n) is 8.44. The molecule has 0 spiro atoms. The lowest BCUT2D eigenvalue weighted by molar-refractivity contribution is -0.274. The second kappa shape index (κ2) is 6.71. The van der Waals surface area contributed by atoms with Gasteiger partial charge in [0.2, 0.25) is 0 Å². The molecule has 86 valence electrons. The Morgan fingerprint density at radius 2 is 1.60 bits per heavy atom. The van der Waals surface area contributed by atoms with Crippen molar-refractivity contribution in [3.63, 3.8) is 0 Å². The fourth-order valence-electron chi connectivity index (χ4n) is 0.780. The van der Waals surface area contributed by atoms with Gasteiger partial charge in [-0.2, -0.15) is 0 Å². The molecule has 0 atom stereocenters. The number of rotatable bonds is 2. The highest BCUT2D eigenvalue weighted by molar-refractivity contribution is 9.08. The molecule has 0 saturated heterocycles. The van der Waals surface area contributed by atoms with Gasteiger partial charge in [0.25, 0.3) is 0 Å². The molecule has 1 aromatic carbocycles. The van der Waals surface area contributed by atoms with Gasteiger partial charge in [0.15, 0.2) is 0 Å². The third-order valence-electron chi connectivity index (χ3n) is 1.31. The molecule has 0 aliphatic rings. The van der Waals surface area contributed by atoms with Crippen LogP contribution in [-0.2, 0) is 5.33 Å². The summed E-state index contributed by atoms with van der Waals surface area (Å²) in [5, 5.41) is 0.610. The molecule has 0 bridgehead atoms. The molecule has 5 heteroatoms. The first-order valence-electron chi connectivity index (χ1n) is 4.42. The summed E-state index contributed by atoms with van der Waals surface area (Å²) in [5.41, 5.74) is 0.898. The molecule has 0 saturated carbocycles. The SMILES string of the molecule is CC.FC(F)(F)Oc1ccc(CBr)cc1. The van der Waals surface area contributed by atoms with Gasteiger partial charge >= 0.3 is 6.36 Å². The molecule has 0 heterocycles. The molecule has 1 nitrogen and oxygen atoms in total. The van der Waals surface area contributed by atoms with E-state index >= 15 is 0 Å². The maximum Gasteiger partial charge on any atom is 0.573 e. The summed E-state index contributed by atoms with van der Waals surface area (Å²) in [7, 11) is 0. The highest BCUT2D eigenvalue weighted by Gasteiger charge is 2.30. The van der Waals surface area contributed by atoms with Gasteiger partial charge in [0, 0.05) is 5.33 Å². The minimum absolute atomic E-state index is 0.197. The lowest BCUT2D eigenvalue weighted by Crippen LogP contribution is -2.16. The number of benzene rings is 1. The number of ether oxygens (including phenoxy) is 1. The molecule has 0 fully saturated rings. The number of alkyl halides is 4. The van der Waals surface area contributed by atoms with Crippen LogP contribution in [0.1, 0.15) is 19.4 Å². The van der Waals surface area contributed by atoms with E-state index < -0.39 is 6.36 Å². The van der Waals surface area contributed by atoms with Crippen molar-refractivity contribution in [2.24, 2.45) is 0 Å². The highest BCUT2D eigenvalue weighted by Crippen LogP contribution is 2.23. The van der Waals surface area contributed by atoms with Crippen molar-refractivity contribution in [3.05, 3.63) is 29.8 Å². The minimum atomic E-state index is -4.62. The first kappa shape index (κ1) is 14.3. The van der Waals surface area contributed by atoms with Gasteiger partial charge in [-0.1, -0.05) is 41.9 Å². The Labute approximate surface area is 95.4 Å². The summed E-state index contributed by atoms with van der Waals surface area (Å²) >= 11 is 3.18. The third-order valence-corrected chi connectivity index (χ3v) is 1.96. The number of hydrogen-bond acceptors (Lipinski definition) is 1. The lowest BCUT2D eigenvalue weighted by atomic mass is 10.2. The van der Waals surface area contributed by atoms with Crippen molar-refractivity contribution >= 4 is 15.9 Å². The largest absolute Gasteiger partial charge is 0.573 e. The average molecular weight is 285 g/mol. The lowest BCUT2D eigenvalue weighted by Gasteiger charge is -2.08. The van der Waals surface area contributed by atoms with E-state index in [1.54, 1.807) is 12.1 Å². The standard InChI is InChI=1S/C8H6BrF3O.C2H6/c9-5-6-1-3-7(4-2-6)13-8(10,11)12;1-2/h1-4H,5H2;1-2H3. The van der Waals surface area contributed by atoms with Gasteiger partial charge in [-0.05, 0) is 17.7 Å². The fourth-order valence-corrected chi connectivity index (χ4v) is 1.15. The van der Waals surface area contributed by atoms with Crippen LogP contribution in [-0.4, -0.2) is 6.36 Å². The molecule has 0 aliphatic carbocycles. The van der Waals surface area contributed by atoms with E-state index in [4.69, 9.17) is 0 Å². The van der Waals surface area contributed by atoms with Gasteiger partial charge in [0.05, 0.1) is 0 Å². The summed E-state index contributed by atoms with van der Waals surface area (Å²) in [6.45, 7) is 4.00. The van der Waals surface area contributed by atoms with Crippen molar-refractivity contribution in [2.45, 2.75) is 25.5 Å². The zero-order valence-corrected chi connectivity index (χ0v) is 10.0. The molecular weight excluding hydrogens is 273 g/mol. The average Bonchev–Trinajstić information content (AvgIpc) is 2.20. The van der Waals surface area contributed by atoms with Gasteiger partial charge in [-0.25, -0.2) is 0 Å². The Kier molecular flexibility index (Phi) is 6.40. The van der Waals surface area contributed by atoms with Crippen molar-refractivity contribution in [1.82, 2.24) is 0 Å². The predicted octanol–water partition coefficient (Wildman–Crippen LogP) is 4.51. The van der Waals surface area contributed by atoms with Crippen LogP contribution in [0.3, 0.4) is 0 Å². The third kappa shape index (κ3) is 6.38. The Bertz CT molecular complexity index is 269. The molecule has 0 aromatic heterocycles. The van der Waals surface area contributed by atoms with E-state index in [0.717, 1.165) is 5.56 Å². The molecule has 0 amide bonds. The van der Waals surface area contributed by atoms with Crippen molar-refractivity contribution in [1.29, 1.82) is 0 Å². The normalized spacial score (nSPS) is 10.3. The van der Waals surface area contributed by atoms with E-state index in [1.165, 1.54) is 12.1 Å². The van der Waals surface area contributed by atoms with E-state index in [-0.39, 0.29) is 5.75 Å². The molecular formula is C10H12BrF3O. The second-order valence-corrected chi connectivity index (χ2v) is 2.89. The zero-order chi connectivity index (χ0) is 11.9. The van der Waals surface area contributed by atoms with Crippen LogP contribution in [0.4, 0.5) is 13.2 Å². The van der Waals surface area contributed by atoms with Crippen LogP contribution < -0.4 is 4.74 Å². The van der Waals surface area contributed by atoms with Crippen LogP contribution in [0.15, 0.2) is 24.3 Å². The van der Waals surface area contributed by atoms with Crippen molar-refractivity contribution in [3.8, 4) is 5.75 Å². The Hall–Kier alpha value is -0.710. The maximum absolute atomic E-state index is 11.7. The summed E-state index contributed by atoms with van der Waals surface area (Å²) in [6.07, 6.45) is -4.62.